The van der Waals surface area contributed by atoms with Crippen molar-refractivity contribution >= 4 is 51.0 Å². The summed E-state index contributed by atoms with van der Waals surface area (Å²) in [6.07, 6.45) is 1.63. The Morgan fingerprint density at radius 1 is 1.00 bits per heavy atom. The molecule has 0 spiro atoms. The monoisotopic (exact) mass is 424 g/mol. The molecule has 1 amide bonds. The molecule has 0 saturated heterocycles. The van der Waals surface area contributed by atoms with E-state index in [0.29, 0.717) is 5.69 Å². The number of carbonyl (C=O) groups excluding carboxylic acids is 1. The Bertz CT molecular complexity index is 981. The molecule has 3 aromatic carbocycles. The third kappa shape index (κ3) is 3.47. The molecule has 24 heavy (non-hydrogen) atoms. The molecule has 3 nitrogen and oxygen atoms in total. The maximum absolute atomic E-state index is 12.4. The molecule has 0 aliphatic heterocycles. The summed E-state index contributed by atoms with van der Waals surface area (Å²) in [5.74, 6) is -0.408. The molecule has 3 rings (SSSR count). The van der Waals surface area contributed by atoms with Crippen molar-refractivity contribution in [2.45, 2.75) is 0 Å². The second-order valence-electron chi connectivity index (χ2n) is 5.17. The third-order valence-corrected chi connectivity index (χ3v) is 4.55. The minimum atomic E-state index is -0.408. The highest BCUT2D eigenvalue weighted by Gasteiger charge is 2.11. The highest BCUT2D eigenvalue weighted by Crippen LogP contribution is 2.22. The van der Waals surface area contributed by atoms with Gasteiger partial charge in [-0.3, -0.25) is 4.79 Å². The fraction of sp³-hybridized carbons (Fsp3) is 0. The first kappa shape index (κ1) is 16.2. The van der Waals surface area contributed by atoms with Gasteiger partial charge in [0, 0.05) is 3.57 Å². The second-order valence-corrected chi connectivity index (χ2v) is 6.33. The predicted molar refractivity (Wildman–Crippen MR) is 105 cm³/mol. The molecule has 0 aromatic heterocycles. The van der Waals surface area contributed by atoms with Gasteiger partial charge in [-0.2, -0.15) is 5.26 Å². The fourth-order valence-electron chi connectivity index (χ4n) is 2.43. The van der Waals surface area contributed by atoms with E-state index in [0.717, 1.165) is 19.9 Å². The lowest BCUT2D eigenvalue weighted by molar-refractivity contribution is -0.112. The van der Waals surface area contributed by atoms with Gasteiger partial charge in [-0.1, -0.05) is 54.6 Å². The lowest BCUT2D eigenvalue weighted by Crippen LogP contribution is -2.14. The number of nitriles is 1. The molecule has 1 N–H and O–H groups in total. The van der Waals surface area contributed by atoms with Crippen molar-refractivity contribution in [3.8, 4) is 6.07 Å². The molecule has 0 atom stereocenters. The quantitative estimate of drug-likeness (QED) is 0.366. The average Bonchev–Trinajstić information content (AvgIpc) is 2.61. The van der Waals surface area contributed by atoms with E-state index in [1.54, 1.807) is 6.08 Å². The van der Waals surface area contributed by atoms with E-state index in [4.69, 9.17) is 0 Å². The number of amides is 1. The molecule has 0 heterocycles. The Balaban J connectivity index is 1.96. The van der Waals surface area contributed by atoms with Crippen molar-refractivity contribution < 1.29 is 4.79 Å². The van der Waals surface area contributed by atoms with E-state index in [1.807, 2.05) is 72.8 Å². The Hall–Kier alpha value is -2.65. The van der Waals surface area contributed by atoms with Crippen LogP contribution in [0.25, 0.3) is 16.8 Å². The molecular formula is C20H13IN2O. The van der Waals surface area contributed by atoms with Crippen LogP contribution in [0.2, 0.25) is 0 Å². The number of rotatable bonds is 3. The molecule has 116 valence electrons. The van der Waals surface area contributed by atoms with Crippen molar-refractivity contribution in [1.82, 2.24) is 0 Å². The summed E-state index contributed by atoms with van der Waals surface area (Å²) < 4.78 is 0.922. The molecule has 0 aliphatic rings. The van der Waals surface area contributed by atoms with Crippen LogP contribution in [-0.4, -0.2) is 5.91 Å². The second kappa shape index (κ2) is 7.28. The van der Waals surface area contributed by atoms with Gasteiger partial charge in [0.05, 0.1) is 5.69 Å². The van der Waals surface area contributed by atoms with Crippen LogP contribution in [0.5, 0.6) is 0 Å². The number of para-hydroxylation sites is 1. The summed E-state index contributed by atoms with van der Waals surface area (Å²) in [5, 5.41) is 14.3. The molecule has 0 aliphatic carbocycles. The standard InChI is InChI=1S/C20H13IN2O/c21-18-10-3-4-11-19(18)23-20(24)16(13-22)12-15-8-5-7-14-6-1-2-9-17(14)15/h1-12H,(H,23,24)/b16-12+. The summed E-state index contributed by atoms with van der Waals surface area (Å²) in [4.78, 5) is 12.4. The summed E-state index contributed by atoms with van der Waals surface area (Å²) in [7, 11) is 0. The number of fused-ring (bicyclic) bond motifs is 1. The normalized spacial score (nSPS) is 11.1. The van der Waals surface area contributed by atoms with Crippen LogP contribution >= 0.6 is 22.6 Å². The lowest BCUT2D eigenvalue weighted by Gasteiger charge is -2.07. The van der Waals surface area contributed by atoms with Gasteiger partial charge >= 0.3 is 0 Å². The number of halogens is 1. The van der Waals surface area contributed by atoms with Gasteiger partial charge in [-0.25, -0.2) is 0 Å². The maximum atomic E-state index is 12.4. The first-order valence-electron chi connectivity index (χ1n) is 7.34. The number of anilines is 1. The largest absolute Gasteiger partial charge is 0.320 e. The number of hydrogen-bond acceptors (Lipinski definition) is 2. The van der Waals surface area contributed by atoms with E-state index in [9.17, 15) is 10.1 Å². The maximum Gasteiger partial charge on any atom is 0.266 e. The molecule has 0 radical (unpaired) electrons. The number of nitrogens with one attached hydrogen (secondary N) is 1. The van der Waals surface area contributed by atoms with E-state index in [1.165, 1.54) is 0 Å². The Morgan fingerprint density at radius 2 is 1.71 bits per heavy atom. The molecule has 0 bridgehead atoms. The van der Waals surface area contributed by atoms with Crippen molar-refractivity contribution in [2.75, 3.05) is 5.32 Å². The summed E-state index contributed by atoms with van der Waals surface area (Å²) in [6.45, 7) is 0. The molecule has 3 aromatic rings. The van der Waals surface area contributed by atoms with Crippen LogP contribution in [-0.2, 0) is 4.79 Å². The summed E-state index contributed by atoms with van der Waals surface area (Å²) in [6, 6.07) is 23.2. The highest BCUT2D eigenvalue weighted by molar-refractivity contribution is 14.1. The third-order valence-electron chi connectivity index (χ3n) is 3.61. The van der Waals surface area contributed by atoms with Crippen LogP contribution in [0.3, 0.4) is 0 Å². The van der Waals surface area contributed by atoms with Crippen molar-refractivity contribution in [1.29, 1.82) is 5.26 Å². The van der Waals surface area contributed by atoms with Gasteiger partial charge in [0.15, 0.2) is 0 Å². The first-order chi connectivity index (χ1) is 11.7. The summed E-state index contributed by atoms with van der Waals surface area (Å²) in [5.41, 5.74) is 1.62. The Morgan fingerprint density at radius 3 is 2.50 bits per heavy atom. The Kier molecular flexibility index (Phi) is 4.92. The zero-order valence-electron chi connectivity index (χ0n) is 12.7. The van der Waals surface area contributed by atoms with Gasteiger partial charge in [-0.15, -0.1) is 0 Å². The Labute approximate surface area is 153 Å². The molecule has 0 unspecified atom stereocenters. The molecule has 0 fully saturated rings. The molecular weight excluding hydrogens is 411 g/mol. The van der Waals surface area contributed by atoms with Crippen molar-refractivity contribution in [3.63, 3.8) is 0 Å². The first-order valence-corrected chi connectivity index (χ1v) is 8.42. The van der Waals surface area contributed by atoms with Gasteiger partial charge in [0.1, 0.15) is 11.6 Å². The number of nitrogens with zero attached hydrogens (tertiary/aromatic N) is 1. The molecule has 4 heteroatoms. The topological polar surface area (TPSA) is 52.9 Å². The number of carbonyl (C=O) groups is 1. The van der Waals surface area contributed by atoms with Gasteiger partial charge in [-0.05, 0) is 57.1 Å². The van der Waals surface area contributed by atoms with E-state index >= 15 is 0 Å². The van der Waals surface area contributed by atoms with Gasteiger partial charge in [0.25, 0.3) is 5.91 Å². The average molecular weight is 424 g/mol. The highest BCUT2D eigenvalue weighted by atomic mass is 127. The molecule has 0 saturated carbocycles. The lowest BCUT2D eigenvalue weighted by atomic mass is 10.0. The van der Waals surface area contributed by atoms with Crippen LogP contribution in [0.15, 0.2) is 72.3 Å². The van der Waals surface area contributed by atoms with E-state index in [2.05, 4.69) is 27.9 Å². The van der Waals surface area contributed by atoms with E-state index < -0.39 is 5.91 Å². The van der Waals surface area contributed by atoms with Gasteiger partial charge < -0.3 is 5.32 Å². The van der Waals surface area contributed by atoms with E-state index in [-0.39, 0.29) is 5.57 Å². The van der Waals surface area contributed by atoms with Crippen LogP contribution in [0.4, 0.5) is 5.69 Å². The summed E-state index contributed by atoms with van der Waals surface area (Å²) >= 11 is 2.15. The number of hydrogen-bond donors (Lipinski definition) is 1. The predicted octanol–water partition coefficient (Wildman–Crippen LogP) is 4.99. The smallest absolute Gasteiger partial charge is 0.266 e. The van der Waals surface area contributed by atoms with Crippen molar-refractivity contribution in [3.05, 3.63) is 81.4 Å². The van der Waals surface area contributed by atoms with Crippen LogP contribution < -0.4 is 5.32 Å². The zero-order valence-corrected chi connectivity index (χ0v) is 14.8. The fourth-order valence-corrected chi connectivity index (χ4v) is 2.95. The van der Waals surface area contributed by atoms with Crippen LogP contribution in [0.1, 0.15) is 5.56 Å². The zero-order chi connectivity index (χ0) is 16.9. The SMILES string of the molecule is N#C/C(=C\c1cccc2ccccc12)C(=O)Nc1ccccc1I. The minimum absolute atomic E-state index is 0.0750. The minimum Gasteiger partial charge on any atom is -0.320 e. The van der Waals surface area contributed by atoms with Crippen LogP contribution in [0, 0.1) is 14.9 Å². The number of benzene rings is 3. The van der Waals surface area contributed by atoms with Crippen molar-refractivity contribution in [2.24, 2.45) is 0 Å². The van der Waals surface area contributed by atoms with Gasteiger partial charge in [0.2, 0.25) is 0 Å².